The second kappa shape index (κ2) is 11.1. The highest BCUT2D eigenvalue weighted by atomic mass is 32.2. The molecule has 10 heteroatoms. The Morgan fingerprint density at radius 2 is 1.47 bits per heavy atom. The smallest absolute Gasteiger partial charge is 0.251 e. The lowest BCUT2D eigenvalue weighted by atomic mass is 10.1. The average molecular weight is 531 g/mol. The Kier molecular flexibility index (Phi) is 8.42. The zero-order chi connectivity index (χ0) is 26.5. The van der Waals surface area contributed by atoms with E-state index >= 15 is 0 Å². The molecule has 1 unspecified atom stereocenters. The van der Waals surface area contributed by atoms with Crippen LogP contribution >= 0.6 is 0 Å². The molecule has 1 amide bonds. The molecule has 0 aliphatic heterocycles. The molecule has 0 fully saturated rings. The number of carbonyl (C=O) groups is 1. The molecule has 3 aromatic carbocycles. The summed E-state index contributed by atoms with van der Waals surface area (Å²) in [6.45, 7) is 4.31. The topological polar surface area (TPSA) is 110 Å². The molecule has 0 spiro atoms. The van der Waals surface area contributed by atoms with E-state index in [0.717, 1.165) is 23.6 Å². The summed E-state index contributed by atoms with van der Waals surface area (Å²) in [7, 11) is -6.84. The Morgan fingerprint density at radius 1 is 0.889 bits per heavy atom. The van der Waals surface area contributed by atoms with E-state index in [1.54, 1.807) is 60.7 Å². The highest BCUT2D eigenvalue weighted by molar-refractivity contribution is 7.92. The van der Waals surface area contributed by atoms with Crippen molar-refractivity contribution in [3.8, 4) is 5.75 Å². The fraction of sp³-hybridized carbons (Fsp3) is 0.269. The van der Waals surface area contributed by atoms with Crippen LogP contribution in [0.3, 0.4) is 0 Å². The van der Waals surface area contributed by atoms with Crippen LogP contribution in [0.15, 0.2) is 77.7 Å². The molecule has 8 nitrogen and oxygen atoms in total. The summed E-state index contributed by atoms with van der Waals surface area (Å²) < 4.78 is 54.9. The van der Waals surface area contributed by atoms with E-state index in [1.165, 1.54) is 16.4 Å². The highest BCUT2D eigenvalue weighted by Crippen LogP contribution is 2.24. The lowest BCUT2D eigenvalue weighted by Gasteiger charge is -2.23. The molecule has 0 saturated heterocycles. The lowest BCUT2D eigenvalue weighted by Crippen LogP contribution is -2.29. The number of nitrogens with one attached hydrogen (secondary N) is 1. The van der Waals surface area contributed by atoms with Gasteiger partial charge in [-0.3, -0.25) is 9.10 Å². The molecule has 1 atom stereocenters. The van der Waals surface area contributed by atoms with E-state index in [-0.39, 0.29) is 23.4 Å². The molecule has 0 bridgehead atoms. The minimum absolute atomic E-state index is 0.109. The van der Waals surface area contributed by atoms with Crippen LogP contribution in [0.25, 0.3) is 0 Å². The molecular weight excluding hydrogens is 500 g/mol. The van der Waals surface area contributed by atoms with Gasteiger partial charge < -0.3 is 10.1 Å². The number of rotatable bonds is 10. The first-order chi connectivity index (χ1) is 16.9. The molecule has 0 heterocycles. The van der Waals surface area contributed by atoms with Crippen LogP contribution in [-0.4, -0.2) is 41.9 Å². The van der Waals surface area contributed by atoms with E-state index in [0.29, 0.717) is 23.6 Å². The molecular formula is C26H30N2O6S2. The highest BCUT2D eigenvalue weighted by Gasteiger charge is 2.19. The molecule has 0 radical (unpaired) electrons. The summed E-state index contributed by atoms with van der Waals surface area (Å²) in [4.78, 5) is 12.9. The molecule has 36 heavy (non-hydrogen) atoms. The second-order valence-corrected chi connectivity index (χ2v) is 12.4. The van der Waals surface area contributed by atoms with Crippen molar-refractivity contribution in [3.63, 3.8) is 0 Å². The molecule has 1 N–H and O–H groups in total. The Hall–Kier alpha value is -3.37. The molecule has 0 aliphatic rings. The number of sulfonamides is 1. The van der Waals surface area contributed by atoms with Gasteiger partial charge in [-0.25, -0.2) is 16.8 Å². The number of hydrogen-bond acceptors (Lipinski definition) is 6. The predicted molar refractivity (Wildman–Crippen MR) is 141 cm³/mol. The molecule has 0 aromatic heterocycles. The van der Waals surface area contributed by atoms with Crippen LogP contribution in [0.1, 0.15) is 41.4 Å². The average Bonchev–Trinajstić information content (AvgIpc) is 2.82. The molecule has 0 aliphatic carbocycles. The van der Waals surface area contributed by atoms with Crippen molar-refractivity contribution in [1.29, 1.82) is 0 Å². The number of amides is 1. The van der Waals surface area contributed by atoms with Gasteiger partial charge in [0.05, 0.1) is 36.0 Å². The minimum atomic E-state index is -3.55. The normalized spacial score (nSPS) is 12.6. The van der Waals surface area contributed by atoms with Gasteiger partial charge in [0.2, 0.25) is 10.0 Å². The van der Waals surface area contributed by atoms with Crippen LogP contribution in [-0.2, 0) is 26.4 Å². The summed E-state index contributed by atoms with van der Waals surface area (Å²) in [5.74, 6) is 0.360. The van der Waals surface area contributed by atoms with Crippen molar-refractivity contribution >= 4 is 31.5 Å². The van der Waals surface area contributed by atoms with Gasteiger partial charge in [-0.2, -0.15) is 0 Å². The zero-order valence-corrected chi connectivity index (χ0v) is 22.3. The van der Waals surface area contributed by atoms with Crippen LogP contribution in [0.4, 0.5) is 5.69 Å². The standard InChI is InChI=1S/C26H30N2O6S2/c1-5-34-24-14-12-23(13-15-24)28(36(4,32)33)18-20-6-8-22(9-7-20)26(29)27-19(2)21-10-16-25(17-11-21)35(3,30)31/h6-17,19H,5,18H2,1-4H3,(H,27,29). The van der Waals surface area contributed by atoms with Gasteiger partial charge in [0.15, 0.2) is 9.84 Å². The van der Waals surface area contributed by atoms with Crippen LogP contribution < -0.4 is 14.4 Å². The second-order valence-electron chi connectivity index (χ2n) is 8.43. The van der Waals surface area contributed by atoms with Crippen molar-refractivity contribution in [1.82, 2.24) is 5.32 Å². The Labute approximate surface area is 212 Å². The van der Waals surface area contributed by atoms with E-state index < -0.39 is 19.9 Å². The van der Waals surface area contributed by atoms with E-state index in [2.05, 4.69) is 5.32 Å². The van der Waals surface area contributed by atoms with Crippen molar-refractivity contribution in [2.75, 3.05) is 23.4 Å². The van der Waals surface area contributed by atoms with Gasteiger partial charge >= 0.3 is 0 Å². The lowest BCUT2D eigenvalue weighted by molar-refractivity contribution is 0.0940. The van der Waals surface area contributed by atoms with Gasteiger partial charge in [-0.05, 0) is 73.5 Å². The Morgan fingerprint density at radius 3 is 1.97 bits per heavy atom. The number of ether oxygens (including phenoxy) is 1. The maximum atomic E-state index is 12.7. The Bertz CT molecular complexity index is 1400. The molecule has 0 saturated carbocycles. The molecule has 3 aromatic rings. The van der Waals surface area contributed by atoms with Gasteiger partial charge in [-0.15, -0.1) is 0 Å². The number of benzene rings is 3. The summed E-state index contributed by atoms with van der Waals surface area (Å²) in [5.41, 5.74) is 2.42. The van der Waals surface area contributed by atoms with Crippen molar-refractivity contribution in [2.24, 2.45) is 0 Å². The number of hydrogen-bond donors (Lipinski definition) is 1. The third-order valence-corrected chi connectivity index (χ3v) is 7.80. The number of anilines is 1. The summed E-state index contributed by atoms with van der Waals surface area (Å²) in [6, 6.07) is 19.6. The molecule has 3 rings (SSSR count). The minimum Gasteiger partial charge on any atom is -0.494 e. The maximum absolute atomic E-state index is 12.7. The summed E-state index contributed by atoms with van der Waals surface area (Å²) in [6.07, 6.45) is 2.29. The monoisotopic (exact) mass is 530 g/mol. The largest absolute Gasteiger partial charge is 0.494 e. The molecule has 192 valence electrons. The first-order valence-corrected chi connectivity index (χ1v) is 15.0. The first-order valence-electron chi connectivity index (χ1n) is 11.3. The van der Waals surface area contributed by atoms with E-state index in [1.807, 2.05) is 13.8 Å². The SMILES string of the molecule is CCOc1ccc(N(Cc2ccc(C(=O)NC(C)c3ccc(S(C)(=O)=O)cc3)cc2)S(C)(=O)=O)cc1. The fourth-order valence-corrected chi connectivity index (χ4v) is 5.09. The fourth-order valence-electron chi connectivity index (χ4n) is 3.57. The van der Waals surface area contributed by atoms with Gasteiger partial charge in [0.25, 0.3) is 5.91 Å². The number of nitrogens with zero attached hydrogens (tertiary/aromatic N) is 1. The Balaban J connectivity index is 1.69. The van der Waals surface area contributed by atoms with Crippen LogP contribution in [0.2, 0.25) is 0 Å². The van der Waals surface area contributed by atoms with E-state index in [4.69, 9.17) is 4.74 Å². The summed E-state index contributed by atoms with van der Waals surface area (Å²) in [5, 5.41) is 2.89. The number of sulfone groups is 1. The van der Waals surface area contributed by atoms with Gasteiger partial charge in [0, 0.05) is 11.8 Å². The van der Waals surface area contributed by atoms with Gasteiger partial charge in [-0.1, -0.05) is 24.3 Å². The number of carbonyl (C=O) groups excluding carboxylic acids is 1. The third-order valence-electron chi connectivity index (χ3n) is 5.53. The van der Waals surface area contributed by atoms with Crippen molar-refractivity contribution in [3.05, 3.63) is 89.5 Å². The third kappa shape index (κ3) is 7.08. The zero-order valence-electron chi connectivity index (χ0n) is 20.6. The summed E-state index contributed by atoms with van der Waals surface area (Å²) >= 11 is 0. The van der Waals surface area contributed by atoms with E-state index in [9.17, 15) is 21.6 Å². The predicted octanol–water partition coefficient (Wildman–Crippen LogP) is 3.95. The van der Waals surface area contributed by atoms with Crippen molar-refractivity contribution < 1.29 is 26.4 Å². The maximum Gasteiger partial charge on any atom is 0.251 e. The van der Waals surface area contributed by atoms with Gasteiger partial charge in [0.1, 0.15) is 5.75 Å². The van der Waals surface area contributed by atoms with Crippen LogP contribution in [0, 0.1) is 0 Å². The quantitative estimate of drug-likeness (QED) is 0.425. The van der Waals surface area contributed by atoms with Crippen LogP contribution in [0.5, 0.6) is 5.75 Å². The first kappa shape index (κ1) is 27.2. The van der Waals surface area contributed by atoms with Crippen molar-refractivity contribution in [2.45, 2.75) is 31.3 Å².